The molecule has 0 saturated carbocycles. The second kappa shape index (κ2) is 15.4. The van der Waals surface area contributed by atoms with Gasteiger partial charge in [0.25, 0.3) is 0 Å². The SMILES string of the molecule is [B]c1c([B])c([B])c(C(=N)N=C(N=Cn2c3ccccc3c3ccc4c5ccccc5n(-c5ccc(-c6ccccc6)cc5)c4c32)c2ccc(-c3ccccc3)cc2)c([B])c1[B]. The molecule has 10 aromatic rings. The van der Waals surface area contributed by atoms with Crippen LogP contribution in [-0.2, 0) is 0 Å². The maximum absolute atomic E-state index is 9.23. The van der Waals surface area contributed by atoms with E-state index in [1.165, 1.54) is 0 Å². The van der Waals surface area contributed by atoms with E-state index < -0.39 is 0 Å². The Labute approximate surface area is 360 Å². The van der Waals surface area contributed by atoms with Gasteiger partial charge in [-0.05, 0) is 46.5 Å². The molecule has 2 aromatic heterocycles. The number of hydrogen-bond donors (Lipinski definition) is 1. The van der Waals surface area contributed by atoms with Gasteiger partial charge in [-0.15, -0.1) is 16.4 Å². The predicted octanol–water partition coefficient (Wildman–Crippen LogP) is 6.54. The van der Waals surface area contributed by atoms with Crippen molar-refractivity contribution in [3.63, 3.8) is 0 Å². The van der Waals surface area contributed by atoms with Gasteiger partial charge >= 0.3 is 0 Å². The van der Waals surface area contributed by atoms with E-state index >= 15 is 0 Å². The number of para-hydroxylation sites is 2. The molecule has 0 amide bonds. The van der Waals surface area contributed by atoms with Crippen molar-refractivity contribution in [3.8, 4) is 27.9 Å². The third kappa shape index (κ3) is 6.47. The second-order valence-electron chi connectivity index (χ2n) is 14.9. The van der Waals surface area contributed by atoms with E-state index in [-0.39, 0.29) is 44.5 Å². The zero-order valence-electron chi connectivity index (χ0n) is 32.9. The molecular formula is C51H30B5N5. The number of fused-ring (bicyclic) bond motifs is 7. The molecule has 0 atom stereocenters. The monoisotopic (exact) mass is 767 g/mol. The van der Waals surface area contributed by atoms with Gasteiger partial charge in [-0.2, -0.15) is 0 Å². The van der Waals surface area contributed by atoms with Gasteiger partial charge in [0.1, 0.15) is 45.6 Å². The molecule has 2 heterocycles. The topological polar surface area (TPSA) is 58.4 Å². The summed E-state index contributed by atoms with van der Waals surface area (Å²) in [6.07, 6.45) is 1.78. The molecule has 0 unspecified atom stereocenters. The van der Waals surface area contributed by atoms with Crippen molar-refractivity contribution in [2.75, 3.05) is 0 Å². The second-order valence-corrected chi connectivity index (χ2v) is 14.9. The number of benzene rings is 8. The smallest absolute Gasteiger partial charge is 0.163 e. The van der Waals surface area contributed by atoms with Gasteiger partial charge in [-0.3, -0.25) is 9.98 Å². The van der Waals surface area contributed by atoms with Crippen molar-refractivity contribution in [3.05, 3.63) is 181 Å². The van der Waals surface area contributed by atoms with Crippen molar-refractivity contribution in [2.45, 2.75) is 0 Å². The summed E-state index contributed by atoms with van der Waals surface area (Å²) < 4.78 is 4.44. The highest BCUT2D eigenvalue weighted by molar-refractivity contribution is 6.68. The fourth-order valence-electron chi connectivity index (χ4n) is 8.34. The lowest BCUT2D eigenvalue weighted by molar-refractivity contribution is 1.18. The van der Waals surface area contributed by atoms with Crippen molar-refractivity contribution < 1.29 is 0 Å². The summed E-state index contributed by atoms with van der Waals surface area (Å²) in [4.78, 5) is 9.88. The molecule has 0 aliphatic rings. The van der Waals surface area contributed by atoms with Gasteiger partial charge in [-0.1, -0.05) is 157 Å². The Morgan fingerprint density at radius 3 is 1.49 bits per heavy atom. The van der Waals surface area contributed by atoms with Gasteiger partial charge < -0.3 is 4.57 Å². The number of nitrogens with zero attached hydrogens (tertiary/aromatic N) is 4. The summed E-state index contributed by atoms with van der Waals surface area (Å²) in [5.41, 5.74) is 10.4. The summed E-state index contributed by atoms with van der Waals surface area (Å²) in [5, 5.41) is 13.6. The van der Waals surface area contributed by atoms with Crippen LogP contribution >= 0.6 is 0 Å². The van der Waals surface area contributed by atoms with Gasteiger partial charge in [0.15, 0.2) is 11.7 Å². The van der Waals surface area contributed by atoms with Crippen LogP contribution in [0.4, 0.5) is 0 Å². The normalized spacial score (nSPS) is 12.0. The summed E-state index contributed by atoms with van der Waals surface area (Å²) in [7, 11) is 31.4. The van der Waals surface area contributed by atoms with Crippen LogP contribution < -0.4 is 27.3 Å². The van der Waals surface area contributed by atoms with Crippen LogP contribution in [-0.4, -0.2) is 66.4 Å². The Hall–Kier alpha value is -7.31. The zero-order chi connectivity index (χ0) is 41.8. The van der Waals surface area contributed by atoms with Gasteiger partial charge in [0.2, 0.25) is 0 Å². The summed E-state index contributed by atoms with van der Waals surface area (Å²) in [6.45, 7) is 0. The van der Waals surface area contributed by atoms with E-state index in [1.54, 1.807) is 6.34 Å². The standard InChI is InChI=1S/C51H30B5N5/c52-43-42(44(53)46(55)47(56)45(43)54)50(57)59-51(34-21-19-32(20-22-34)30-11-3-1-4-12-30)58-29-60-40-17-9-7-15-36(40)38-27-28-39-37-16-8-10-18-41(37)61(49(39)48(38)60)35-25-23-33(24-26-35)31-13-5-2-6-14-31/h1-29,57H. The molecule has 274 valence electrons. The quantitative estimate of drug-likeness (QED) is 0.114. The number of aliphatic imine (C=N–C) groups is 2. The van der Waals surface area contributed by atoms with Crippen molar-refractivity contribution in [1.29, 1.82) is 5.41 Å². The molecule has 10 rings (SSSR count). The van der Waals surface area contributed by atoms with Crippen molar-refractivity contribution in [1.82, 2.24) is 9.13 Å². The van der Waals surface area contributed by atoms with E-state index in [0.717, 1.165) is 71.6 Å². The van der Waals surface area contributed by atoms with Gasteiger partial charge in [-0.25, -0.2) is 9.98 Å². The molecule has 61 heavy (non-hydrogen) atoms. The van der Waals surface area contributed by atoms with E-state index in [4.69, 9.17) is 49.2 Å². The molecule has 0 aliphatic heterocycles. The molecule has 10 radical (unpaired) electrons. The fraction of sp³-hybridized carbons (Fsp3) is 0. The Kier molecular flexibility index (Phi) is 9.56. The maximum atomic E-state index is 9.23. The van der Waals surface area contributed by atoms with Crippen LogP contribution in [0.5, 0.6) is 0 Å². The Bertz CT molecular complexity index is 3380. The molecule has 0 bridgehead atoms. The van der Waals surface area contributed by atoms with Crippen LogP contribution in [0.3, 0.4) is 0 Å². The molecular weight excluding hydrogens is 737 g/mol. The molecule has 8 aromatic carbocycles. The van der Waals surface area contributed by atoms with E-state index in [2.05, 4.69) is 118 Å². The molecule has 1 N–H and O–H groups in total. The Balaban J connectivity index is 1.20. The van der Waals surface area contributed by atoms with Crippen LogP contribution in [0.25, 0.3) is 71.6 Å². The van der Waals surface area contributed by atoms with Crippen LogP contribution in [0.1, 0.15) is 11.1 Å². The highest BCUT2D eigenvalue weighted by Crippen LogP contribution is 2.40. The first-order valence-electron chi connectivity index (χ1n) is 19.8. The molecule has 0 spiro atoms. The number of rotatable bonds is 6. The first-order chi connectivity index (χ1) is 29.8. The molecule has 5 nitrogen and oxygen atoms in total. The average molecular weight is 767 g/mol. The highest BCUT2D eigenvalue weighted by Gasteiger charge is 2.21. The minimum Gasteiger partial charge on any atom is -0.307 e. The third-order valence-electron chi connectivity index (χ3n) is 11.4. The van der Waals surface area contributed by atoms with Gasteiger partial charge in [0, 0.05) is 38.4 Å². The summed E-state index contributed by atoms with van der Waals surface area (Å²) >= 11 is 0. The Morgan fingerprint density at radius 2 is 0.902 bits per heavy atom. The Morgan fingerprint density at radius 1 is 0.443 bits per heavy atom. The fourth-order valence-corrected chi connectivity index (χ4v) is 8.34. The lowest BCUT2D eigenvalue weighted by Crippen LogP contribution is -2.57. The number of aromatic nitrogens is 2. The minimum absolute atomic E-state index is 0.0233. The average Bonchev–Trinajstić information content (AvgIpc) is 3.82. The molecule has 0 fully saturated rings. The highest BCUT2D eigenvalue weighted by atomic mass is 15.1. The summed E-state index contributed by atoms with van der Waals surface area (Å²) in [6, 6.07) is 58.2. The largest absolute Gasteiger partial charge is 0.307 e. The third-order valence-corrected chi connectivity index (χ3v) is 11.4. The lowest BCUT2D eigenvalue weighted by Gasteiger charge is -2.20. The number of hydrogen-bond acceptors (Lipinski definition) is 1. The summed E-state index contributed by atoms with van der Waals surface area (Å²) in [5.74, 6) is -0.0242. The van der Waals surface area contributed by atoms with E-state index in [1.807, 2.05) is 60.7 Å². The first kappa shape index (κ1) is 37.9. The van der Waals surface area contributed by atoms with Crippen molar-refractivity contribution in [2.24, 2.45) is 9.98 Å². The molecule has 10 heteroatoms. The zero-order valence-corrected chi connectivity index (χ0v) is 32.9. The van der Waals surface area contributed by atoms with Crippen LogP contribution in [0, 0.1) is 5.41 Å². The van der Waals surface area contributed by atoms with Crippen molar-refractivity contribution >= 4 is 128 Å². The van der Waals surface area contributed by atoms with Crippen LogP contribution in [0.2, 0.25) is 0 Å². The molecule has 0 saturated heterocycles. The van der Waals surface area contributed by atoms with Crippen LogP contribution in [0.15, 0.2) is 180 Å². The predicted molar refractivity (Wildman–Crippen MR) is 262 cm³/mol. The lowest BCUT2D eigenvalue weighted by atomic mass is 9.60. The molecule has 0 aliphatic carbocycles. The number of nitrogens with one attached hydrogen (secondary N) is 1. The van der Waals surface area contributed by atoms with E-state index in [9.17, 15) is 5.41 Å². The van der Waals surface area contributed by atoms with E-state index in [0.29, 0.717) is 5.56 Å². The minimum atomic E-state index is -0.267. The van der Waals surface area contributed by atoms with Gasteiger partial charge in [0.05, 0.1) is 22.1 Å². The maximum Gasteiger partial charge on any atom is 0.163 e. The first-order valence-corrected chi connectivity index (χ1v) is 19.8. The number of amidine groups is 2.